The van der Waals surface area contributed by atoms with E-state index in [4.69, 9.17) is 4.42 Å². The Morgan fingerprint density at radius 3 is 2.93 bits per heavy atom. The predicted octanol–water partition coefficient (Wildman–Crippen LogP) is 3.35. The summed E-state index contributed by atoms with van der Waals surface area (Å²) in [5, 5.41) is 3.54. The molecule has 0 amide bonds. The van der Waals surface area contributed by atoms with Crippen LogP contribution in [0.25, 0.3) is 0 Å². The SMILES string of the molecule is CCNC(C1=CCCC1)c1ccoc1C. The zero-order valence-corrected chi connectivity index (χ0v) is 9.55. The normalized spacial score (nSPS) is 17.9. The molecule has 0 saturated carbocycles. The van der Waals surface area contributed by atoms with E-state index < -0.39 is 0 Å². The minimum Gasteiger partial charge on any atom is -0.469 e. The number of furan rings is 1. The molecule has 0 fully saturated rings. The molecule has 15 heavy (non-hydrogen) atoms. The molecule has 1 aliphatic rings. The molecule has 0 saturated heterocycles. The maximum atomic E-state index is 5.38. The predicted molar refractivity (Wildman–Crippen MR) is 61.8 cm³/mol. The Morgan fingerprint density at radius 2 is 2.40 bits per heavy atom. The van der Waals surface area contributed by atoms with Crippen LogP contribution < -0.4 is 5.32 Å². The van der Waals surface area contributed by atoms with E-state index in [1.807, 2.05) is 6.92 Å². The third kappa shape index (κ3) is 2.15. The quantitative estimate of drug-likeness (QED) is 0.762. The molecule has 1 aromatic rings. The zero-order valence-electron chi connectivity index (χ0n) is 9.55. The second-order valence-electron chi connectivity index (χ2n) is 4.09. The van der Waals surface area contributed by atoms with Gasteiger partial charge in [0.05, 0.1) is 12.3 Å². The van der Waals surface area contributed by atoms with Gasteiger partial charge >= 0.3 is 0 Å². The Hall–Kier alpha value is -1.02. The van der Waals surface area contributed by atoms with Crippen LogP contribution in [0.5, 0.6) is 0 Å². The smallest absolute Gasteiger partial charge is 0.105 e. The first-order chi connectivity index (χ1) is 7.33. The van der Waals surface area contributed by atoms with Gasteiger partial charge in [0, 0.05) is 5.56 Å². The van der Waals surface area contributed by atoms with Crippen molar-refractivity contribution in [1.82, 2.24) is 5.32 Å². The molecule has 2 heteroatoms. The molecule has 0 spiro atoms. The number of aryl methyl sites for hydroxylation is 1. The topological polar surface area (TPSA) is 25.2 Å². The van der Waals surface area contributed by atoms with Crippen LogP contribution in [0.1, 0.15) is 43.6 Å². The highest BCUT2D eigenvalue weighted by atomic mass is 16.3. The van der Waals surface area contributed by atoms with Gasteiger partial charge in [0.2, 0.25) is 0 Å². The molecule has 1 heterocycles. The average molecular weight is 205 g/mol. The van der Waals surface area contributed by atoms with Crippen molar-refractivity contribution in [2.45, 2.75) is 39.2 Å². The van der Waals surface area contributed by atoms with Crippen LogP contribution in [0.4, 0.5) is 0 Å². The molecule has 0 bridgehead atoms. The molecule has 0 aromatic carbocycles. The Bertz CT molecular complexity index is 351. The van der Waals surface area contributed by atoms with E-state index in [-0.39, 0.29) is 0 Å². The van der Waals surface area contributed by atoms with Gasteiger partial charge in [-0.2, -0.15) is 0 Å². The van der Waals surface area contributed by atoms with Gasteiger partial charge in [-0.15, -0.1) is 0 Å². The molecule has 1 atom stereocenters. The van der Waals surface area contributed by atoms with Crippen molar-refractivity contribution in [2.75, 3.05) is 6.54 Å². The summed E-state index contributed by atoms with van der Waals surface area (Å²) in [5.74, 6) is 1.04. The molecule has 82 valence electrons. The lowest BCUT2D eigenvalue weighted by atomic mass is 9.99. The number of allylic oxidation sites excluding steroid dienone is 1. The monoisotopic (exact) mass is 205 g/mol. The summed E-state index contributed by atoms with van der Waals surface area (Å²) in [6, 6.07) is 2.46. The van der Waals surface area contributed by atoms with Crippen molar-refractivity contribution in [3.05, 3.63) is 35.3 Å². The molecular formula is C13H19NO. The van der Waals surface area contributed by atoms with Crippen LogP contribution in [-0.4, -0.2) is 6.54 Å². The number of hydrogen-bond acceptors (Lipinski definition) is 2. The third-order valence-electron chi connectivity index (χ3n) is 3.07. The standard InChI is InChI=1S/C13H19NO/c1-3-14-13(11-6-4-5-7-11)12-8-9-15-10(12)2/h6,8-9,13-14H,3-5,7H2,1-2H3. The minimum absolute atomic E-state index is 0.372. The minimum atomic E-state index is 0.372. The van der Waals surface area contributed by atoms with E-state index in [0.717, 1.165) is 12.3 Å². The lowest BCUT2D eigenvalue weighted by molar-refractivity contribution is 0.517. The summed E-state index contributed by atoms with van der Waals surface area (Å²) >= 11 is 0. The Kier molecular flexibility index (Phi) is 3.27. The van der Waals surface area contributed by atoms with E-state index in [9.17, 15) is 0 Å². The number of likely N-dealkylation sites (N-methyl/N-ethyl adjacent to an activating group) is 1. The molecule has 0 radical (unpaired) electrons. The van der Waals surface area contributed by atoms with Crippen LogP contribution in [-0.2, 0) is 0 Å². The van der Waals surface area contributed by atoms with E-state index in [1.165, 1.54) is 30.4 Å². The zero-order chi connectivity index (χ0) is 10.7. The molecule has 2 rings (SSSR count). The molecule has 1 N–H and O–H groups in total. The maximum absolute atomic E-state index is 5.38. The summed E-state index contributed by atoms with van der Waals surface area (Å²) in [6.07, 6.45) is 7.91. The van der Waals surface area contributed by atoms with Crippen LogP contribution in [0.2, 0.25) is 0 Å². The van der Waals surface area contributed by atoms with Crippen LogP contribution in [0, 0.1) is 6.92 Å². The van der Waals surface area contributed by atoms with Crippen molar-refractivity contribution in [2.24, 2.45) is 0 Å². The lowest BCUT2D eigenvalue weighted by Gasteiger charge is -2.18. The van der Waals surface area contributed by atoms with Gasteiger partial charge in [-0.1, -0.05) is 18.6 Å². The summed E-state index contributed by atoms with van der Waals surface area (Å²) in [6.45, 7) is 5.18. The fraction of sp³-hybridized carbons (Fsp3) is 0.538. The lowest BCUT2D eigenvalue weighted by Crippen LogP contribution is -2.22. The Morgan fingerprint density at radius 1 is 1.53 bits per heavy atom. The molecule has 1 aliphatic carbocycles. The van der Waals surface area contributed by atoms with Crippen LogP contribution >= 0.6 is 0 Å². The van der Waals surface area contributed by atoms with Gasteiger partial charge in [0.1, 0.15) is 5.76 Å². The first-order valence-corrected chi connectivity index (χ1v) is 5.79. The maximum Gasteiger partial charge on any atom is 0.105 e. The summed E-state index contributed by atoms with van der Waals surface area (Å²) < 4.78 is 5.38. The van der Waals surface area contributed by atoms with Crippen molar-refractivity contribution < 1.29 is 4.42 Å². The number of hydrogen-bond donors (Lipinski definition) is 1. The average Bonchev–Trinajstić information content (AvgIpc) is 2.85. The van der Waals surface area contributed by atoms with Gasteiger partial charge in [0.25, 0.3) is 0 Å². The second kappa shape index (κ2) is 4.67. The number of nitrogens with one attached hydrogen (secondary N) is 1. The fourth-order valence-electron chi connectivity index (χ4n) is 2.30. The third-order valence-corrected chi connectivity index (χ3v) is 3.07. The Balaban J connectivity index is 2.23. The molecule has 2 nitrogen and oxygen atoms in total. The number of rotatable bonds is 4. The molecule has 1 unspecified atom stereocenters. The summed E-state index contributed by atoms with van der Waals surface area (Å²) in [4.78, 5) is 0. The molecule has 1 aromatic heterocycles. The fourth-order valence-corrected chi connectivity index (χ4v) is 2.30. The molecule has 0 aliphatic heterocycles. The summed E-state index contributed by atoms with van der Waals surface area (Å²) in [7, 11) is 0. The van der Waals surface area contributed by atoms with Crippen LogP contribution in [0.15, 0.2) is 28.4 Å². The highest BCUT2D eigenvalue weighted by Crippen LogP contribution is 2.32. The van der Waals surface area contributed by atoms with Gasteiger partial charge in [-0.3, -0.25) is 0 Å². The highest BCUT2D eigenvalue weighted by Gasteiger charge is 2.20. The van der Waals surface area contributed by atoms with Gasteiger partial charge in [-0.25, -0.2) is 0 Å². The van der Waals surface area contributed by atoms with Crippen molar-refractivity contribution in [1.29, 1.82) is 0 Å². The highest BCUT2D eigenvalue weighted by molar-refractivity contribution is 5.31. The van der Waals surface area contributed by atoms with E-state index in [2.05, 4.69) is 24.4 Å². The Labute approximate surface area is 91.4 Å². The van der Waals surface area contributed by atoms with Gasteiger partial charge in [0.15, 0.2) is 0 Å². The van der Waals surface area contributed by atoms with Gasteiger partial charge in [-0.05, 0) is 38.8 Å². The van der Waals surface area contributed by atoms with Crippen molar-refractivity contribution >= 4 is 0 Å². The van der Waals surface area contributed by atoms with E-state index in [0.29, 0.717) is 6.04 Å². The first kappa shape index (κ1) is 10.5. The van der Waals surface area contributed by atoms with E-state index in [1.54, 1.807) is 6.26 Å². The molecular weight excluding hydrogens is 186 g/mol. The van der Waals surface area contributed by atoms with Crippen molar-refractivity contribution in [3.63, 3.8) is 0 Å². The van der Waals surface area contributed by atoms with E-state index >= 15 is 0 Å². The van der Waals surface area contributed by atoms with Crippen molar-refractivity contribution in [3.8, 4) is 0 Å². The summed E-state index contributed by atoms with van der Waals surface area (Å²) in [5.41, 5.74) is 2.83. The second-order valence-corrected chi connectivity index (χ2v) is 4.09. The van der Waals surface area contributed by atoms with Crippen LogP contribution in [0.3, 0.4) is 0 Å². The van der Waals surface area contributed by atoms with Gasteiger partial charge < -0.3 is 9.73 Å². The first-order valence-electron chi connectivity index (χ1n) is 5.79. The largest absolute Gasteiger partial charge is 0.469 e.